The van der Waals surface area contributed by atoms with Crippen LogP contribution in [0.15, 0.2) is 10.7 Å². The van der Waals surface area contributed by atoms with E-state index < -0.39 is 0 Å². The zero-order valence-electron chi connectivity index (χ0n) is 11.6. The van der Waals surface area contributed by atoms with E-state index in [2.05, 4.69) is 39.8 Å². The number of likely N-dealkylation sites (N-methyl/N-ethyl adjacent to an activating group) is 1. The van der Waals surface area contributed by atoms with Crippen LogP contribution in [0.1, 0.15) is 37.2 Å². The molecule has 0 amide bonds. The molecular formula is C13H22BrN3O. The van der Waals surface area contributed by atoms with Crippen LogP contribution in [-0.4, -0.2) is 41.1 Å². The largest absolute Gasteiger partial charge is 0.308 e. The van der Waals surface area contributed by atoms with Crippen molar-refractivity contribution >= 4 is 21.7 Å². The van der Waals surface area contributed by atoms with Gasteiger partial charge in [0.2, 0.25) is 0 Å². The summed E-state index contributed by atoms with van der Waals surface area (Å²) in [6.45, 7) is 5.72. The Hall–Kier alpha value is -0.680. The van der Waals surface area contributed by atoms with Gasteiger partial charge in [-0.1, -0.05) is 13.8 Å². The van der Waals surface area contributed by atoms with Crippen molar-refractivity contribution in [1.29, 1.82) is 0 Å². The van der Waals surface area contributed by atoms with E-state index in [0.717, 1.165) is 30.4 Å². The second kappa shape index (κ2) is 7.04. The highest BCUT2D eigenvalue weighted by molar-refractivity contribution is 9.10. The third kappa shape index (κ3) is 3.65. The highest BCUT2D eigenvalue weighted by atomic mass is 79.9. The molecule has 0 aliphatic heterocycles. The predicted molar refractivity (Wildman–Crippen MR) is 76.9 cm³/mol. The zero-order valence-corrected chi connectivity index (χ0v) is 13.2. The van der Waals surface area contributed by atoms with Crippen LogP contribution in [0.25, 0.3) is 0 Å². The van der Waals surface area contributed by atoms with E-state index in [-0.39, 0.29) is 11.7 Å². The van der Waals surface area contributed by atoms with Crippen LogP contribution in [-0.2, 0) is 6.54 Å². The van der Waals surface area contributed by atoms with Crippen LogP contribution < -0.4 is 0 Å². The molecule has 102 valence electrons. The Balaban J connectivity index is 2.92. The summed E-state index contributed by atoms with van der Waals surface area (Å²) in [5.41, 5.74) is 0.713. The molecule has 18 heavy (non-hydrogen) atoms. The summed E-state index contributed by atoms with van der Waals surface area (Å²) in [4.78, 5) is 14.5. The summed E-state index contributed by atoms with van der Waals surface area (Å²) in [6.07, 6.45) is 3.46. The number of carbonyl (C=O) groups is 1. The van der Waals surface area contributed by atoms with Gasteiger partial charge in [0.1, 0.15) is 5.69 Å². The number of aromatic nitrogens is 2. The molecule has 0 spiro atoms. The van der Waals surface area contributed by atoms with Gasteiger partial charge in [0, 0.05) is 12.5 Å². The molecule has 0 radical (unpaired) electrons. The molecule has 1 heterocycles. The summed E-state index contributed by atoms with van der Waals surface area (Å²) in [6, 6.07) is 0. The van der Waals surface area contributed by atoms with Gasteiger partial charge in [0.15, 0.2) is 5.78 Å². The van der Waals surface area contributed by atoms with Crippen LogP contribution >= 0.6 is 15.9 Å². The molecule has 0 aliphatic carbocycles. The van der Waals surface area contributed by atoms with Crippen molar-refractivity contribution in [2.24, 2.45) is 5.92 Å². The van der Waals surface area contributed by atoms with Gasteiger partial charge in [0.05, 0.1) is 17.2 Å². The van der Waals surface area contributed by atoms with Gasteiger partial charge >= 0.3 is 0 Å². The molecule has 0 N–H and O–H groups in total. The molecule has 0 saturated heterocycles. The molecular weight excluding hydrogens is 294 g/mol. The van der Waals surface area contributed by atoms with Crippen molar-refractivity contribution < 1.29 is 4.79 Å². The topological polar surface area (TPSA) is 38.1 Å². The minimum Gasteiger partial charge on any atom is -0.308 e. The monoisotopic (exact) mass is 315 g/mol. The normalized spacial score (nSPS) is 11.5. The third-order valence-corrected chi connectivity index (χ3v) is 3.72. The summed E-state index contributed by atoms with van der Waals surface area (Å²) in [5.74, 6) is 0.291. The number of rotatable bonds is 7. The van der Waals surface area contributed by atoms with Gasteiger partial charge in [-0.3, -0.25) is 9.48 Å². The fourth-order valence-electron chi connectivity index (χ4n) is 1.92. The van der Waals surface area contributed by atoms with E-state index in [1.807, 2.05) is 18.8 Å². The van der Waals surface area contributed by atoms with Gasteiger partial charge in [-0.05, 0) is 42.9 Å². The maximum Gasteiger partial charge on any atom is 0.185 e. The molecule has 0 aliphatic rings. The Morgan fingerprint density at radius 2 is 2.06 bits per heavy atom. The first-order valence-electron chi connectivity index (χ1n) is 6.41. The predicted octanol–water partition coefficient (Wildman–Crippen LogP) is 2.83. The molecule has 0 fully saturated rings. The number of ketones is 1. The Morgan fingerprint density at radius 3 is 2.56 bits per heavy atom. The smallest absolute Gasteiger partial charge is 0.185 e. The first-order valence-corrected chi connectivity index (χ1v) is 7.20. The number of halogens is 1. The van der Waals surface area contributed by atoms with Crippen molar-refractivity contribution in [2.45, 2.75) is 33.2 Å². The van der Waals surface area contributed by atoms with E-state index in [0.29, 0.717) is 5.69 Å². The van der Waals surface area contributed by atoms with Gasteiger partial charge in [-0.2, -0.15) is 5.10 Å². The maximum absolute atomic E-state index is 12.4. The van der Waals surface area contributed by atoms with Gasteiger partial charge in [-0.25, -0.2) is 0 Å². The second-order valence-electron chi connectivity index (χ2n) is 4.75. The molecule has 0 atom stereocenters. The van der Waals surface area contributed by atoms with Crippen molar-refractivity contribution in [1.82, 2.24) is 14.7 Å². The number of hydrogen-bond acceptors (Lipinski definition) is 3. The quantitative estimate of drug-likeness (QED) is 0.726. The Labute approximate surface area is 117 Å². The lowest BCUT2D eigenvalue weighted by molar-refractivity contribution is 0.0900. The summed E-state index contributed by atoms with van der Waals surface area (Å²) >= 11 is 3.43. The highest BCUT2D eigenvalue weighted by Crippen LogP contribution is 2.22. The Kier molecular flexibility index (Phi) is 6.02. The van der Waals surface area contributed by atoms with Crippen molar-refractivity contribution in [2.75, 3.05) is 20.6 Å². The second-order valence-corrected chi connectivity index (χ2v) is 5.60. The van der Waals surface area contributed by atoms with E-state index >= 15 is 0 Å². The van der Waals surface area contributed by atoms with Crippen LogP contribution in [0.3, 0.4) is 0 Å². The number of hydrogen-bond donors (Lipinski definition) is 0. The van der Waals surface area contributed by atoms with E-state index in [9.17, 15) is 4.79 Å². The Morgan fingerprint density at radius 1 is 1.44 bits per heavy atom. The minimum atomic E-state index is 0.0936. The van der Waals surface area contributed by atoms with Crippen LogP contribution in [0, 0.1) is 5.92 Å². The molecule has 0 saturated carbocycles. The minimum absolute atomic E-state index is 0.0936. The Bertz CT molecular complexity index is 397. The molecule has 0 bridgehead atoms. The molecule has 4 nitrogen and oxygen atoms in total. The number of nitrogens with zero attached hydrogens (tertiary/aromatic N) is 3. The van der Waals surface area contributed by atoms with Crippen molar-refractivity contribution in [3.05, 3.63) is 16.4 Å². The number of Topliss-reactive ketones (excluding diaryl/α,β-unsaturated/α-hetero) is 1. The number of carbonyl (C=O) groups excluding carboxylic acids is 1. The molecule has 1 aromatic heterocycles. The zero-order chi connectivity index (χ0) is 13.7. The van der Waals surface area contributed by atoms with E-state index in [1.165, 1.54) is 0 Å². The summed E-state index contributed by atoms with van der Waals surface area (Å²) < 4.78 is 2.61. The van der Waals surface area contributed by atoms with Gasteiger partial charge < -0.3 is 4.90 Å². The van der Waals surface area contributed by atoms with Gasteiger partial charge in [-0.15, -0.1) is 0 Å². The van der Waals surface area contributed by atoms with Gasteiger partial charge in [0.25, 0.3) is 0 Å². The third-order valence-electron chi connectivity index (χ3n) is 3.14. The highest BCUT2D eigenvalue weighted by Gasteiger charge is 2.23. The molecule has 1 rings (SSSR count). The lowest BCUT2D eigenvalue weighted by Crippen LogP contribution is -2.23. The molecule has 0 unspecified atom stereocenters. The van der Waals surface area contributed by atoms with Crippen LogP contribution in [0.4, 0.5) is 0 Å². The van der Waals surface area contributed by atoms with Crippen LogP contribution in [0.2, 0.25) is 0 Å². The summed E-state index contributed by atoms with van der Waals surface area (Å²) in [7, 11) is 4.03. The van der Waals surface area contributed by atoms with Crippen LogP contribution in [0.5, 0.6) is 0 Å². The maximum atomic E-state index is 12.4. The average Bonchev–Trinajstić information content (AvgIpc) is 2.69. The van der Waals surface area contributed by atoms with E-state index in [4.69, 9.17) is 0 Å². The van der Waals surface area contributed by atoms with Crippen molar-refractivity contribution in [3.8, 4) is 0 Å². The SMILES string of the molecule is CCC(CC)C(=O)c1c(Br)cnn1CCN(C)C. The molecule has 0 aromatic carbocycles. The van der Waals surface area contributed by atoms with E-state index in [1.54, 1.807) is 6.20 Å². The molecule has 5 heteroatoms. The van der Waals surface area contributed by atoms with Crippen molar-refractivity contribution in [3.63, 3.8) is 0 Å². The fourth-order valence-corrected chi connectivity index (χ4v) is 2.42. The summed E-state index contributed by atoms with van der Waals surface area (Å²) in [5, 5.41) is 4.28. The average molecular weight is 316 g/mol. The first kappa shape index (κ1) is 15.4. The molecule has 1 aromatic rings. The lowest BCUT2D eigenvalue weighted by atomic mass is 9.96. The standard InChI is InChI=1S/C13H22BrN3O/c1-5-10(6-2)13(18)12-11(14)9-15-17(12)8-7-16(3)4/h9-10H,5-8H2,1-4H3. The fraction of sp³-hybridized carbons (Fsp3) is 0.692. The lowest BCUT2D eigenvalue weighted by Gasteiger charge is -2.15. The first-order chi connectivity index (χ1) is 8.51.